The number of alkyl halides is 3. The Morgan fingerprint density at radius 2 is 2.12 bits per heavy atom. The smallest absolute Gasteiger partial charge is 0.346 e. The topological polar surface area (TPSA) is 76.9 Å². The Morgan fingerprint density at radius 1 is 1.40 bits per heavy atom. The average molecular weight is 374 g/mol. The minimum atomic E-state index is -4.47. The van der Waals surface area contributed by atoms with Crippen molar-refractivity contribution in [1.29, 1.82) is 0 Å². The molecule has 0 radical (unpaired) electrons. The molecular formula is C15H17F3N4O2S. The molecule has 10 heteroatoms. The lowest BCUT2D eigenvalue weighted by Crippen LogP contribution is -2.35. The van der Waals surface area contributed by atoms with Gasteiger partial charge in [-0.3, -0.25) is 14.2 Å². The van der Waals surface area contributed by atoms with Crippen LogP contribution in [-0.4, -0.2) is 38.9 Å². The summed E-state index contributed by atoms with van der Waals surface area (Å²) in [5, 5.41) is 2.40. The SMILES string of the molecule is CC(C)Cn1c(SCC(=O)NCC(F)(F)F)nc2ncccc2c1=O. The van der Waals surface area contributed by atoms with Gasteiger partial charge in [-0.1, -0.05) is 25.6 Å². The van der Waals surface area contributed by atoms with Crippen LogP contribution < -0.4 is 10.9 Å². The van der Waals surface area contributed by atoms with Crippen LogP contribution in [-0.2, 0) is 11.3 Å². The Labute approximate surface area is 145 Å². The maximum absolute atomic E-state index is 12.6. The van der Waals surface area contributed by atoms with Crippen molar-refractivity contribution in [2.45, 2.75) is 31.7 Å². The lowest BCUT2D eigenvalue weighted by Gasteiger charge is -2.14. The summed E-state index contributed by atoms with van der Waals surface area (Å²) < 4.78 is 37.8. The number of aromatic nitrogens is 3. The Morgan fingerprint density at radius 3 is 2.76 bits per heavy atom. The first kappa shape index (κ1) is 19.2. The molecule has 6 nitrogen and oxygen atoms in total. The molecule has 0 bridgehead atoms. The highest BCUT2D eigenvalue weighted by molar-refractivity contribution is 7.99. The normalized spacial score (nSPS) is 11.9. The van der Waals surface area contributed by atoms with E-state index in [0.717, 1.165) is 11.8 Å². The molecule has 0 aliphatic heterocycles. The number of hydrogen-bond donors (Lipinski definition) is 1. The second-order valence-corrected chi connectivity index (χ2v) is 6.70. The van der Waals surface area contributed by atoms with E-state index in [1.807, 2.05) is 13.8 Å². The van der Waals surface area contributed by atoms with E-state index in [1.165, 1.54) is 10.8 Å². The number of halogens is 3. The van der Waals surface area contributed by atoms with Crippen LogP contribution in [0.2, 0.25) is 0 Å². The molecule has 0 aliphatic carbocycles. The van der Waals surface area contributed by atoms with Crippen molar-refractivity contribution in [1.82, 2.24) is 19.9 Å². The largest absolute Gasteiger partial charge is 0.405 e. The second kappa shape index (κ2) is 7.85. The average Bonchev–Trinajstić information content (AvgIpc) is 2.53. The molecule has 0 spiro atoms. The zero-order chi connectivity index (χ0) is 18.6. The van der Waals surface area contributed by atoms with Gasteiger partial charge in [-0.05, 0) is 18.1 Å². The molecule has 0 saturated carbocycles. The van der Waals surface area contributed by atoms with Crippen LogP contribution in [0.4, 0.5) is 13.2 Å². The maximum Gasteiger partial charge on any atom is 0.405 e. The zero-order valence-corrected chi connectivity index (χ0v) is 14.4. The fourth-order valence-corrected chi connectivity index (χ4v) is 2.88. The Bertz CT molecular complexity index is 821. The summed E-state index contributed by atoms with van der Waals surface area (Å²) in [7, 11) is 0. The third kappa shape index (κ3) is 5.45. The lowest BCUT2D eigenvalue weighted by molar-refractivity contribution is -0.136. The molecule has 1 N–H and O–H groups in total. The highest BCUT2D eigenvalue weighted by Crippen LogP contribution is 2.18. The number of nitrogens with one attached hydrogen (secondary N) is 1. The highest BCUT2D eigenvalue weighted by atomic mass is 32.2. The van der Waals surface area contributed by atoms with Crippen LogP contribution in [0.15, 0.2) is 28.3 Å². The van der Waals surface area contributed by atoms with Gasteiger partial charge in [-0.15, -0.1) is 0 Å². The van der Waals surface area contributed by atoms with Gasteiger partial charge in [0.05, 0.1) is 11.1 Å². The van der Waals surface area contributed by atoms with E-state index in [2.05, 4.69) is 9.97 Å². The van der Waals surface area contributed by atoms with E-state index < -0.39 is 18.6 Å². The molecular weight excluding hydrogens is 357 g/mol. The molecule has 0 fully saturated rings. The van der Waals surface area contributed by atoms with Gasteiger partial charge in [-0.25, -0.2) is 9.97 Å². The summed E-state index contributed by atoms with van der Waals surface area (Å²) in [6, 6.07) is 3.24. The van der Waals surface area contributed by atoms with Crippen molar-refractivity contribution in [2.75, 3.05) is 12.3 Å². The van der Waals surface area contributed by atoms with Crippen LogP contribution in [0, 0.1) is 5.92 Å². The Hall–Kier alpha value is -2.10. The van der Waals surface area contributed by atoms with E-state index in [9.17, 15) is 22.8 Å². The highest BCUT2D eigenvalue weighted by Gasteiger charge is 2.27. The van der Waals surface area contributed by atoms with Gasteiger partial charge < -0.3 is 5.32 Å². The molecule has 0 saturated heterocycles. The predicted molar refractivity (Wildman–Crippen MR) is 88.4 cm³/mol. The Balaban J connectivity index is 2.24. The van der Waals surface area contributed by atoms with Crippen LogP contribution in [0.3, 0.4) is 0 Å². The number of carbonyl (C=O) groups is 1. The first-order chi connectivity index (χ1) is 11.7. The number of amides is 1. The molecule has 2 heterocycles. The summed E-state index contributed by atoms with van der Waals surface area (Å²) >= 11 is 0.909. The molecule has 0 unspecified atom stereocenters. The van der Waals surface area contributed by atoms with Crippen molar-refractivity contribution in [3.8, 4) is 0 Å². The van der Waals surface area contributed by atoms with Gasteiger partial charge in [0, 0.05) is 12.7 Å². The second-order valence-electron chi connectivity index (χ2n) is 5.76. The predicted octanol–water partition coefficient (Wildman–Crippen LogP) is 2.22. The van der Waals surface area contributed by atoms with Crippen LogP contribution in [0.5, 0.6) is 0 Å². The van der Waals surface area contributed by atoms with Gasteiger partial charge in [-0.2, -0.15) is 13.2 Å². The zero-order valence-electron chi connectivity index (χ0n) is 13.6. The maximum atomic E-state index is 12.6. The Kier molecular flexibility index (Phi) is 6.04. The quantitative estimate of drug-likeness (QED) is 0.620. The van der Waals surface area contributed by atoms with E-state index in [4.69, 9.17) is 0 Å². The van der Waals surface area contributed by atoms with Crippen LogP contribution in [0.25, 0.3) is 11.0 Å². The number of fused-ring (bicyclic) bond motifs is 1. The van der Waals surface area contributed by atoms with Gasteiger partial charge in [0.2, 0.25) is 5.91 Å². The molecule has 136 valence electrons. The van der Waals surface area contributed by atoms with E-state index >= 15 is 0 Å². The van der Waals surface area contributed by atoms with Crippen molar-refractivity contribution >= 4 is 28.7 Å². The lowest BCUT2D eigenvalue weighted by atomic mass is 10.2. The van der Waals surface area contributed by atoms with Gasteiger partial charge in [0.25, 0.3) is 5.56 Å². The third-order valence-corrected chi connectivity index (χ3v) is 4.04. The summed E-state index contributed by atoms with van der Waals surface area (Å²) in [6.07, 6.45) is -2.97. The fraction of sp³-hybridized carbons (Fsp3) is 0.467. The molecule has 0 aliphatic rings. The van der Waals surface area contributed by atoms with Crippen LogP contribution >= 0.6 is 11.8 Å². The summed E-state index contributed by atoms with van der Waals surface area (Å²) in [5.41, 5.74) is -0.0456. The molecule has 25 heavy (non-hydrogen) atoms. The number of carbonyl (C=O) groups excluding carboxylic acids is 1. The molecule has 1 amide bonds. The van der Waals surface area contributed by atoms with Gasteiger partial charge in [0.15, 0.2) is 10.8 Å². The standard InChI is InChI=1S/C15H17F3N4O2S/c1-9(2)6-22-13(24)10-4-3-5-19-12(10)21-14(22)25-7-11(23)20-8-15(16,17)18/h3-5,9H,6-8H2,1-2H3,(H,20,23). The summed E-state index contributed by atoms with van der Waals surface area (Å²) in [6.45, 7) is 2.83. The third-order valence-electron chi connectivity index (χ3n) is 3.06. The molecule has 2 aromatic heterocycles. The van der Waals surface area contributed by atoms with E-state index in [0.29, 0.717) is 11.9 Å². The van der Waals surface area contributed by atoms with Crippen molar-refractivity contribution in [3.05, 3.63) is 28.7 Å². The number of rotatable bonds is 6. The molecule has 2 rings (SSSR count). The number of hydrogen-bond acceptors (Lipinski definition) is 5. The van der Waals surface area contributed by atoms with Crippen molar-refractivity contribution < 1.29 is 18.0 Å². The molecule has 0 aromatic carbocycles. The first-order valence-corrected chi connectivity index (χ1v) is 8.48. The number of pyridine rings is 1. The van der Waals surface area contributed by atoms with Crippen LogP contribution in [0.1, 0.15) is 13.8 Å². The van der Waals surface area contributed by atoms with Crippen molar-refractivity contribution in [3.63, 3.8) is 0 Å². The fourth-order valence-electron chi connectivity index (χ4n) is 2.05. The minimum absolute atomic E-state index is 0.145. The minimum Gasteiger partial charge on any atom is -0.346 e. The monoisotopic (exact) mass is 374 g/mol. The number of thioether (sulfide) groups is 1. The molecule has 2 aromatic rings. The molecule has 0 atom stereocenters. The summed E-state index contributed by atoms with van der Waals surface area (Å²) in [5.74, 6) is -0.917. The first-order valence-electron chi connectivity index (χ1n) is 7.49. The van der Waals surface area contributed by atoms with Crippen molar-refractivity contribution in [2.24, 2.45) is 5.92 Å². The van der Waals surface area contributed by atoms with E-state index in [-0.39, 0.29) is 28.0 Å². The van der Waals surface area contributed by atoms with Gasteiger partial charge >= 0.3 is 6.18 Å². The summed E-state index contributed by atoms with van der Waals surface area (Å²) in [4.78, 5) is 32.5. The van der Waals surface area contributed by atoms with Gasteiger partial charge in [0.1, 0.15) is 6.54 Å². The van der Waals surface area contributed by atoms with E-state index in [1.54, 1.807) is 17.4 Å². The number of nitrogens with zero attached hydrogens (tertiary/aromatic N) is 3.